The first-order valence-electron chi connectivity index (χ1n) is 6.34. The zero-order valence-corrected chi connectivity index (χ0v) is 13.3. The Bertz CT molecular complexity index is 718. The molecule has 0 heterocycles. The van der Waals surface area contributed by atoms with Crippen LogP contribution in [0.25, 0.3) is 0 Å². The average molecular weight is 345 g/mol. The first kappa shape index (κ1) is 15.2. The van der Waals surface area contributed by atoms with Crippen molar-refractivity contribution >= 4 is 32.0 Å². The van der Waals surface area contributed by atoms with Crippen molar-refractivity contribution in [3.63, 3.8) is 0 Å². The maximum atomic E-state index is 11.6. The fraction of sp³-hybridized carbons (Fsp3) is 0.0588. The molecule has 3 rings (SSSR count). The van der Waals surface area contributed by atoms with E-state index in [1.165, 1.54) is 16.6 Å². The van der Waals surface area contributed by atoms with Crippen molar-refractivity contribution in [1.82, 2.24) is 0 Å². The molecule has 3 nitrogen and oxygen atoms in total. The Balaban J connectivity index is 0.000000194. The molecule has 1 aliphatic rings. The summed E-state index contributed by atoms with van der Waals surface area (Å²) in [6.07, 6.45) is 1.25. The molecule has 0 saturated carbocycles. The third-order valence-corrected chi connectivity index (χ3v) is 3.62. The molecule has 0 amide bonds. The van der Waals surface area contributed by atoms with Gasteiger partial charge in [0.25, 0.3) is 0 Å². The van der Waals surface area contributed by atoms with Gasteiger partial charge in [-0.15, -0.1) is 0 Å². The van der Waals surface area contributed by atoms with Crippen LogP contribution in [-0.4, -0.2) is 32.7 Å². The first-order chi connectivity index (χ1) is 10.0. The van der Waals surface area contributed by atoms with Crippen LogP contribution in [0.4, 0.5) is 0 Å². The van der Waals surface area contributed by atoms with E-state index in [1.54, 1.807) is 19.1 Å². The number of ketones is 2. The van der Waals surface area contributed by atoms with Crippen LogP contribution in [-0.2, 0) is 0 Å². The number of carbonyl (C=O) groups excluding carboxylic acids is 2. The van der Waals surface area contributed by atoms with Gasteiger partial charge < -0.3 is 5.11 Å². The van der Waals surface area contributed by atoms with Gasteiger partial charge in [0.05, 0.1) is 5.56 Å². The third-order valence-electron chi connectivity index (χ3n) is 3.00. The van der Waals surface area contributed by atoms with E-state index in [-0.39, 0.29) is 28.4 Å². The van der Waals surface area contributed by atoms with Gasteiger partial charge >= 0.3 is 50.8 Å². The Morgan fingerprint density at radius 2 is 1.62 bits per heavy atom. The minimum absolute atomic E-state index is 0.114. The van der Waals surface area contributed by atoms with E-state index >= 15 is 0 Å². The second kappa shape index (κ2) is 6.53. The average Bonchev–Trinajstić information content (AvgIpc) is 2.46. The fourth-order valence-corrected chi connectivity index (χ4v) is 2.32. The van der Waals surface area contributed by atoms with Crippen LogP contribution in [0.2, 0.25) is 0 Å². The quantitative estimate of drug-likeness (QED) is 0.743. The van der Waals surface area contributed by atoms with E-state index in [0.29, 0.717) is 5.57 Å². The standard InChI is InChI=1S/C11H8O3.C6H6Se/c1-6-5-9(13)10-7(11(6)14)3-2-4-8(10)12;7-6-4-2-1-3-5-6/h2-5,12H,1H3;1-5,7H. The molecule has 4 heteroatoms. The van der Waals surface area contributed by atoms with Crippen molar-refractivity contribution in [2.75, 3.05) is 0 Å². The predicted octanol–water partition coefficient (Wildman–Crippen LogP) is 1.93. The molecule has 0 unspecified atom stereocenters. The maximum absolute atomic E-state index is 11.6. The van der Waals surface area contributed by atoms with Crippen molar-refractivity contribution < 1.29 is 14.7 Å². The number of phenolic OH excluding ortho intramolecular Hbond substituents is 1. The van der Waals surface area contributed by atoms with E-state index in [1.807, 2.05) is 18.2 Å². The van der Waals surface area contributed by atoms with Gasteiger partial charge in [-0.2, -0.15) is 0 Å². The molecule has 2 aromatic rings. The molecule has 0 spiro atoms. The summed E-state index contributed by atoms with van der Waals surface area (Å²) in [5.41, 5.74) is 0.811. The molecule has 0 bridgehead atoms. The summed E-state index contributed by atoms with van der Waals surface area (Å²) in [6, 6.07) is 14.7. The Labute approximate surface area is 131 Å². The molecule has 0 atom stereocenters. The minimum atomic E-state index is -0.310. The Morgan fingerprint density at radius 1 is 0.952 bits per heavy atom. The second-order valence-electron chi connectivity index (χ2n) is 4.56. The fourth-order valence-electron chi connectivity index (χ4n) is 1.96. The van der Waals surface area contributed by atoms with Crippen LogP contribution >= 0.6 is 0 Å². The molecule has 0 fully saturated rings. The number of aromatic hydroxyl groups is 1. The second-order valence-corrected chi connectivity index (χ2v) is 5.64. The number of hydrogen-bond acceptors (Lipinski definition) is 3. The van der Waals surface area contributed by atoms with Crippen LogP contribution in [0.1, 0.15) is 27.6 Å². The summed E-state index contributed by atoms with van der Waals surface area (Å²) >= 11 is 2.49. The number of hydrogen-bond donors (Lipinski definition) is 1. The normalized spacial score (nSPS) is 13.0. The summed E-state index contributed by atoms with van der Waals surface area (Å²) < 4.78 is 1.26. The van der Waals surface area contributed by atoms with Crippen LogP contribution in [0.5, 0.6) is 5.75 Å². The summed E-state index contributed by atoms with van der Waals surface area (Å²) in [7, 11) is 0. The van der Waals surface area contributed by atoms with Crippen LogP contribution in [0.15, 0.2) is 60.2 Å². The predicted molar refractivity (Wildman–Crippen MR) is 83.7 cm³/mol. The van der Waals surface area contributed by atoms with Crippen LogP contribution in [0, 0.1) is 0 Å². The van der Waals surface area contributed by atoms with Crippen molar-refractivity contribution in [2.45, 2.75) is 6.92 Å². The topological polar surface area (TPSA) is 54.4 Å². The van der Waals surface area contributed by atoms with E-state index in [9.17, 15) is 14.7 Å². The van der Waals surface area contributed by atoms with Crippen molar-refractivity contribution in [3.8, 4) is 5.75 Å². The monoisotopic (exact) mass is 346 g/mol. The zero-order chi connectivity index (χ0) is 15.4. The summed E-state index contributed by atoms with van der Waals surface area (Å²) in [4.78, 5) is 23.1. The van der Waals surface area contributed by atoms with E-state index in [0.717, 1.165) is 0 Å². The molecular weight excluding hydrogens is 331 g/mol. The molecule has 1 N–H and O–H groups in total. The number of carbonyl (C=O) groups is 2. The van der Waals surface area contributed by atoms with Crippen molar-refractivity contribution in [2.24, 2.45) is 0 Å². The summed E-state index contributed by atoms with van der Waals surface area (Å²) in [5, 5.41) is 9.43. The zero-order valence-electron chi connectivity index (χ0n) is 11.4. The van der Waals surface area contributed by atoms with E-state index in [4.69, 9.17) is 0 Å². The van der Waals surface area contributed by atoms with Gasteiger partial charge in [-0.3, -0.25) is 9.59 Å². The molecule has 0 radical (unpaired) electrons. The number of fused-ring (bicyclic) bond motifs is 1. The van der Waals surface area contributed by atoms with Crippen molar-refractivity contribution in [3.05, 3.63) is 71.3 Å². The van der Waals surface area contributed by atoms with Gasteiger partial charge in [-0.25, -0.2) is 0 Å². The number of rotatable bonds is 0. The number of Topliss-reactive ketones (excluding diaryl/α,β-unsaturated/α-hetero) is 1. The van der Waals surface area contributed by atoms with Gasteiger partial charge in [0.15, 0.2) is 11.6 Å². The van der Waals surface area contributed by atoms with E-state index in [2.05, 4.69) is 28.1 Å². The Morgan fingerprint density at radius 3 is 2.19 bits per heavy atom. The molecule has 1 aliphatic carbocycles. The third kappa shape index (κ3) is 3.48. The Kier molecular flexibility index (Phi) is 4.73. The summed E-state index contributed by atoms with van der Waals surface area (Å²) in [5.74, 6) is -0.643. The SMILES string of the molecule is CC1=CC(=O)c2c(O)cccc2C1=O.[SeH]c1ccccc1. The van der Waals surface area contributed by atoms with Gasteiger partial charge in [-0.05, 0) is 19.1 Å². The van der Waals surface area contributed by atoms with Gasteiger partial charge in [0.2, 0.25) is 0 Å². The van der Waals surface area contributed by atoms with Gasteiger partial charge in [0, 0.05) is 11.1 Å². The first-order valence-corrected chi connectivity index (χ1v) is 7.28. The molecule has 21 heavy (non-hydrogen) atoms. The molecule has 106 valence electrons. The molecular formula is C17H14O3Se. The number of benzene rings is 2. The van der Waals surface area contributed by atoms with Crippen LogP contribution in [0.3, 0.4) is 0 Å². The van der Waals surface area contributed by atoms with Gasteiger partial charge in [-0.1, -0.05) is 12.1 Å². The molecule has 0 saturated heterocycles. The molecule has 0 aromatic heterocycles. The molecule has 2 aromatic carbocycles. The Hall–Kier alpha value is -2.16. The van der Waals surface area contributed by atoms with Gasteiger partial charge in [0.1, 0.15) is 5.75 Å². The molecule has 0 aliphatic heterocycles. The number of phenols is 1. The van der Waals surface area contributed by atoms with Crippen LogP contribution < -0.4 is 4.46 Å². The van der Waals surface area contributed by atoms with E-state index < -0.39 is 0 Å². The summed E-state index contributed by atoms with van der Waals surface area (Å²) in [6.45, 7) is 1.59. The van der Waals surface area contributed by atoms with Crippen molar-refractivity contribution in [1.29, 1.82) is 0 Å². The number of allylic oxidation sites excluding steroid dienone is 2.